The predicted octanol–water partition coefficient (Wildman–Crippen LogP) is 1.94. The number of carbonyl (C=O) groups excluding carboxylic acids is 1. The average Bonchev–Trinajstić information content (AvgIpc) is 2.27. The van der Waals surface area contributed by atoms with Crippen LogP contribution in [-0.2, 0) is 11.3 Å². The molecule has 0 saturated carbocycles. The Kier molecular flexibility index (Phi) is 5.42. The number of carbonyl (C=O) groups is 1. The van der Waals surface area contributed by atoms with Crippen LogP contribution >= 0.6 is 15.9 Å². The SMILES string of the molecule is NCCCC(=O)NCc1cc(F)ccc1Br. The molecule has 0 spiro atoms. The minimum absolute atomic E-state index is 0.0680. The van der Waals surface area contributed by atoms with E-state index in [1.165, 1.54) is 12.1 Å². The molecule has 0 radical (unpaired) electrons. The summed E-state index contributed by atoms with van der Waals surface area (Å²) in [5.74, 6) is -0.379. The van der Waals surface area contributed by atoms with Crippen LogP contribution in [0.25, 0.3) is 0 Å². The number of nitrogens with one attached hydrogen (secondary N) is 1. The summed E-state index contributed by atoms with van der Waals surface area (Å²) in [5, 5.41) is 2.71. The second kappa shape index (κ2) is 6.60. The third kappa shape index (κ3) is 4.28. The van der Waals surface area contributed by atoms with Crippen molar-refractivity contribution in [2.45, 2.75) is 19.4 Å². The van der Waals surface area contributed by atoms with Crippen LogP contribution in [0.1, 0.15) is 18.4 Å². The maximum Gasteiger partial charge on any atom is 0.220 e. The van der Waals surface area contributed by atoms with Crippen molar-refractivity contribution in [1.82, 2.24) is 5.32 Å². The van der Waals surface area contributed by atoms with Crippen LogP contribution in [0.3, 0.4) is 0 Å². The zero-order chi connectivity index (χ0) is 12.0. The molecular weight excluding hydrogens is 275 g/mol. The summed E-state index contributed by atoms with van der Waals surface area (Å²) in [6, 6.07) is 4.38. The molecule has 5 heteroatoms. The lowest BCUT2D eigenvalue weighted by Crippen LogP contribution is -2.23. The van der Waals surface area contributed by atoms with Crippen molar-refractivity contribution in [1.29, 1.82) is 0 Å². The molecule has 0 unspecified atom stereocenters. The summed E-state index contributed by atoms with van der Waals surface area (Å²) in [7, 11) is 0. The quantitative estimate of drug-likeness (QED) is 0.870. The summed E-state index contributed by atoms with van der Waals surface area (Å²) in [6.07, 6.45) is 1.07. The first-order valence-corrected chi connectivity index (χ1v) is 5.83. The Morgan fingerprint density at radius 1 is 1.50 bits per heavy atom. The van der Waals surface area contributed by atoms with Gasteiger partial charge in [-0.25, -0.2) is 4.39 Å². The highest BCUT2D eigenvalue weighted by molar-refractivity contribution is 9.10. The Bertz CT molecular complexity index is 371. The topological polar surface area (TPSA) is 55.1 Å². The highest BCUT2D eigenvalue weighted by Crippen LogP contribution is 2.17. The molecule has 1 amide bonds. The Morgan fingerprint density at radius 2 is 2.25 bits per heavy atom. The largest absolute Gasteiger partial charge is 0.352 e. The summed E-state index contributed by atoms with van der Waals surface area (Å²) >= 11 is 3.30. The summed E-state index contributed by atoms with van der Waals surface area (Å²) in [5.41, 5.74) is 6.01. The molecule has 0 aliphatic rings. The molecule has 3 nitrogen and oxygen atoms in total. The highest BCUT2D eigenvalue weighted by atomic mass is 79.9. The van der Waals surface area contributed by atoms with Gasteiger partial charge in [-0.2, -0.15) is 0 Å². The van der Waals surface area contributed by atoms with Crippen LogP contribution in [0.5, 0.6) is 0 Å². The van der Waals surface area contributed by atoms with Crippen molar-refractivity contribution >= 4 is 21.8 Å². The van der Waals surface area contributed by atoms with E-state index >= 15 is 0 Å². The van der Waals surface area contributed by atoms with Crippen molar-refractivity contribution in [3.63, 3.8) is 0 Å². The number of benzene rings is 1. The Balaban J connectivity index is 2.47. The van der Waals surface area contributed by atoms with E-state index < -0.39 is 0 Å². The van der Waals surface area contributed by atoms with Crippen LogP contribution in [0.2, 0.25) is 0 Å². The second-order valence-corrected chi connectivity index (χ2v) is 4.26. The smallest absolute Gasteiger partial charge is 0.220 e. The predicted molar refractivity (Wildman–Crippen MR) is 64.2 cm³/mol. The molecule has 0 aliphatic heterocycles. The molecule has 0 aliphatic carbocycles. The Morgan fingerprint density at radius 3 is 2.94 bits per heavy atom. The number of hydrogen-bond acceptors (Lipinski definition) is 2. The van der Waals surface area contributed by atoms with Gasteiger partial charge in [-0.15, -0.1) is 0 Å². The van der Waals surface area contributed by atoms with Gasteiger partial charge in [0.05, 0.1) is 0 Å². The van der Waals surface area contributed by atoms with Crippen molar-refractivity contribution < 1.29 is 9.18 Å². The van der Waals surface area contributed by atoms with Gasteiger partial charge in [-0.1, -0.05) is 15.9 Å². The standard InChI is InChI=1S/C11H14BrFN2O/c12-10-4-3-9(13)6-8(10)7-15-11(16)2-1-5-14/h3-4,6H,1-2,5,7,14H2,(H,15,16). The van der Waals surface area contributed by atoms with Crippen molar-refractivity contribution in [2.24, 2.45) is 5.73 Å². The van der Waals surface area contributed by atoms with E-state index in [4.69, 9.17) is 5.73 Å². The molecule has 88 valence electrons. The first kappa shape index (κ1) is 13.1. The van der Waals surface area contributed by atoms with E-state index in [1.54, 1.807) is 6.07 Å². The average molecular weight is 289 g/mol. The normalized spacial score (nSPS) is 10.2. The second-order valence-electron chi connectivity index (χ2n) is 3.40. The fourth-order valence-corrected chi connectivity index (χ4v) is 1.61. The third-order valence-electron chi connectivity index (χ3n) is 2.09. The Hall–Kier alpha value is -0.940. The molecule has 1 aromatic rings. The van der Waals surface area contributed by atoms with Gasteiger partial charge in [-0.05, 0) is 36.7 Å². The zero-order valence-corrected chi connectivity index (χ0v) is 10.4. The van der Waals surface area contributed by atoms with E-state index in [0.29, 0.717) is 25.9 Å². The van der Waals surface area contributed by atoms with Gasteiger partial charge in [0, 0.05) is 17.4 Å². The van der Waals surface area contributed by atoms with Gasteiger partial charge in [0.15, 0.2) is 0 Å². The zero-order valence-electron chi connectivity index (χ0n) is 8.80. The fourth-order valence-electron chi connectivity index (χ4n) is 1.22. The molecule has 0 aromatic heterocycles. The van der Waals surface area contributed by atoms with E-state index in [-0.39, 0.29) is 11.7 Å². The number of rotatable bonds is 5. The van der Waals surface area contributed by atoms with Crippen molar-refractivity contribution in [3.8, 4) is 0 Å². The molecular formula is C11H14BrFN2O. The van der Waals surface area contributed by atoms with Crippen LogP contribution in [-0.4, -0.2) is 12.5 Å². The lowest BCUT2D eigenvalue weighted by Gasteiger charge is -2.07. The van der Waals surface area contributed by atoms with Gasteiger partial charge in [-0.3, -0.25) is 4.79 Å². The minimum atomic E-state index is -0.311. The summed E-state index contributed by atoms with van der Waals surface area (Å²) < 4.78 is 13.7. The minimum Gasteiger partial charge on any atom is -0.352 e. The van der Waals surface area contributed by atoms with E-state index in [9.17, 15) is 9.18 Å². The molecule has 1 aromatic carbocycles. The molecule has 0 saturated heterocycles. The molecule has 16 heavy (non-hydrogen) atoms. The highest BCUT2D eigenvalue weighted by Gasteiger charge is 2.04. The molecule has 0 fully saturated rings. The monoisotopic (exact) mass is 288 g/mol. The molecule has 0 heterocycles. The number of amides is 1. The maximum absolute atomic E-state index is 12.9. The summed E-state index contributed by atoms with van der Waals surface area (Å²) in [6.45, 7) is 0.818. The van der Waals surface area contributed by atoms with Crippen LogP contribution in [0, 0.1) is 5.82 Å². The maximum atomic E-state index is 12.9. The Labute approximate surface area is 102 Å². The van der Waals surface area contributed by atoms with Crippen LogP contribution in [0.4, 0.5) is 4.39 Å². The molecule has 0 atom stereocenters. The van der Waals surface area contributed by atoms with Gasteiger partial charge < -0.3 is 11.1 Å². The molecule has 1 rings (SSSR count). The van der Waals surface area contributed by atoms with Gasteiger partial charge in [0.25, 0.3) is 0 Å². The van der Waals surface area contributed by atoms with Gasteiger partial charge >= 0.3 is 0 Å². The first-order chi connectivity index (χ1) is 7.63. The fraction of sp³-hybridized carbons (Fsp3) is 0.364. The third-order valence-corrected chi connectivity index (χ3v) is 2.87. The molecule has 3 N–H and O–H groups in total. The van der Waals surface area contributed by atoms with Crippen LogP contribution in [0.15, 0.2) is 22.7 Å². The van der Waals surface area contributed by atoms with Crippen molar-refractivity contribution in [3.05, 3.63) is 34.1 Å². The van der Waals surface area contributed by atoms with E-state index in [0.717, 1.165) is 10.0 Å². The van der Waals surface area contributed by atoms with Gasteiger partial charge in [0.2, 0.25) is 5.91 Å². The summed E-state index contributed by atoms with van der Waals surface area (Å²) in [4.78, 5) is 11.3. The van der Waals surface area contributed by atoms with E-state index in [1.807, 2.05) is 0 Å². The first-order valence-electron chi connectivity index (χ1n) is 5.04. The van der Waals surface area contributed by atoms with Gasteiger partial charge in [0.1, 0.15) is 5.82 Å². The lowest BCUT2D eigenvalue weighted by atomic mass is 10.2. The lowest BCUT2D eigenvalue weighted by molar-refractivity contribution is -0.121. The van der Waals surface area contributed by atoms with Crippen molar-refractivity contribution in [2.75, 3.05) is 6.54 Å². The molecule has 0 bridgehead atoms. The number of nitrogens with two attached hydrogens (primary N) is 1. The van der Waals surface area contributed by atoms with E-state index in [2.05, 4.69) is 21.2 Å². The number of hydrogen-bond donors (Lipinski definition) is 2. The van der Waals surface area contributed by atoms with Crippen LogP contribution < -0.4 is 11.1 Å². The number of halogens is 2.